The number of hydrogen-bond donors (Lipinski definition) is 0. The van der Waals surface area contributed by atoms with Gasteiger partial charge in [0.05, 0.1) is 17.9 Å². The topological polar surface area (TPSA) is 56.5 Å². The molecule has 0 amide bonds. The maximum absolute atomic E-state index is 13.4. The predicted molar refractivity (Wildman–Crippen MR) is 67.9 cm³/mol. The number of alkyl halides is 2. The Morgan fingerprint density at radius 2 is 2.15 bits per heavy atom. The van der Waals surface area contributed by atoms with E-state index >= 15 is 0 Å². The summed E-state index contributed by atoms with van der Waals surface area (Å²) in [7, 11) is 0. The van der Waals surface area contributed by atoms with Crippen LogP contribution in [0.15, 0.2) is 12.4 Å². The zero-order chi connectivity index (χ0) is 14.9. The van der Waals surface area contributed by atoms with Crippen molar-refractivity contribution in [1.82, 2.24) is 14.4 Å². The summed E-state index contributed by atoms with van der Waals surface area (Å²) in [5.41, 5.74) is 0.353. The molecule has 0 N–H and O–H groups in total. The molecule has 0 aliphatic rings. The molecule has 2 aromatic heterocycles. The molecule has 2 heterocycles. The van der Waals surface area contributed by atoms with Crippen LogP contribution in [0.5, 0.6) is 0 Å². The standard InChI is InChI=1S/C13H15F2N3O2/c1-4-9-10(11(19)20-5-2)18-7-8(13(3,14)15)6-16-12(18)17-9/h6-7H,4-5H2,1-3H3. The lowest BCUT2D eigenvalue weighted by Gasteiger charge is -2.10. The van der Waals surface area contributed by atoms with Gasteiger partial charge in [0.2, 0.25) is 5.78 Å². The zero-order valence-electron chi connectivity index (χ0n) is 11.5. The lowest BCUT2D eigenvalue weighted by atomic mass is 10.2. The van der Waals surface area contributed by atoms with Gasteiger partial charge in [-0.05, 0) is 13.3 Å². The van der Waals surface area contributed by atoms with E-state index < -0.39 is 11.9 Å². The second-order valence-electron chi connectivity index (χ2n) is 4.38. The Morgan fingerprint density at radius 1 is 1.45 bits per heavy atom. The van der Waals surface area contributed by atoms with Gasteiger partial charge >= 0.3 is 5.97 Å². The molecule has 0 saturated carbocycles. The van der Waals surface area contributed by atoms with Gasteiger partial charge in [-0.3, -0.25) is 4.40 Å². The Hall–Kier alpha value is -2.05. The van der Waals surface area contributed by atoms with Crippen LogP contribution in [0.3, 0.4) is 0 Å². The van der Waals surface area contributed by atoms with Crippen LogP contribution in [0.2, 0.25) is 0 Å². The van der Waals surface area contributed by atoms with Crippen molar-refractivity contribution in [3.8, 4) is 0 Å². The first-order chi connectivity index (χ1) is 9.38. The van der Waals surface area contributed by atoms with E-state index in [0.717, 1.165) is 13.1 Å². The number of esters is 1. The van der Waals surface area contributed by atoms with Gasteiger partial charge in [-0.2, -0.15) is 0 Å². The molecule has 0 aromatic carbocycles. The summed E-state index contributed by atoms with van der Waals surface area (Å²) in [6.07, 6.45) is 2.73. The molecule has 0 radical (unpaired) electrons. The van der Waals surface area contributed by atoms with Crippen LogP contribution in [0.1, 0.15) is 42.5 Å². The smallest absolute Gasteiger partial charge is 0.357 e. The lowest BCUT2D eigenvalue weighted by Crippen LogP contribution is -2.13. The molecular formula is C13H15F2N3O2. The van der Waals surface area contributed by atoms with Gasteiger partial charge in [0.25, 0.3) is 5.92 Å². The largest absolute Gasteiger partial charge is 0.461 e. The number of carbonyl (C=O) groups excluding carboxylic acids is 1. The number of carbonyl (C=O) groups is 1. The Morgan fingerprint density at radius 3 is 2.70 bits per heavy atom. The highest BCUT2D eigenvalue weighted by molar-refractivity contribution is 5.89. The number of halogens is 2. The predicted octanol–water partition coefficient (Wildman–Crippen LogP) is 2.58. The van der Waals surface area contributed by atoms with Gasteiger partial charge in [-0.1, -0.05) is 6.92 Å². The molecular weight excluding hydrogens is 268 g/mol. The first-order valence-corrected chi connectivity index (χ1v) is 6.30. The van der Waals surface area contributed by atoms with Crippen molar-refractivity contribution < 1.29 is 18.3 Å². The Labute approximate surface area is 114 Å². The molecule has 0 saturated heterocycles. The highest BCUT2D eigenvalue weighted by Gasteiger charge is 2.27. The SMILES string of the molecule is CCOC(=O)c1c(CC)nc2ncc(C(C)(F)F)cn12. The fourth-order valence-corrected chi connectivity index (χ4v) is 1.87. The molecule has 0 bridgehead atoms. The maximum Gasteiger partial charge on any atom is 0.357 e. The Bertz CT molecular complexity index is 647. The summed E-state index contributed by atoms with van der Waals surface area (Å²) in [4.78, 5) is 20.0. The number of hydrogen-bond acceptors (Lipinski definition) is 4. The second-order valence-corrected chi connectivity index (χ2v) is 4.38. The first-order valence-electron chi connectivity index (χ1n) is 6.30. The minimum Gasteiger partial charge on any atom is -0.461 e. The number of imidazole rings is 1. The van der Waals surface area contributed by atoms with Crippen molar-refractivity contribution in [2.45, 2.75) is 33.1 Å². The first kappa shape index (κ1) is 14.4. The third kappa shape index (κ3) is 2.48. The minimum absolute atomic E-state index is 0.156. The van der Waals surface area contributed by atoms with Gasteiger partial charge in [0.15, 0.2) is 5.69 Å². The molecule has 7 heteroatoms. The Balaban J connectivity index is 2.66. The van der Waals surface area contributed by atoms with Crippen LogP contribution in [0.25, 0.3) is 5.78 Å². The van der Waals surface area contributed by atoms with Crippen LogP contribution in [0, 0.1) is 0 Å². The van der Waals surface area contributed by atoms with E-state index in [0.29, 0.717) is 12.1 Å². The fourth-order valence-electron chi connectivity index (χ4n) is 1.87. The molecule has 2 rings (SSSR count). The molecule has 5 nitrogen and oxygen atoms in total. The minimum atomic E-state index is -3.04. The highest BCUT2D eigenvalue weighted by Crippen LogP contribution is 2.27. The lowest BCUT2D eigenvalue weighted by molar-refractivity contribution is 0.0165. The van der Waals surface area contributed by atoms with Gasteiger partial charge in [-0.15, -0.1) is 0 Å². The maximum atomic E-state index is 13.4. The number of aryl methyl sites for hydroxylation is 1. The van der Waals surface area contributed by atoms with E-state index in [1.54, 1.807) is 6.92 Å². The van der Waals surface area contributed by atoms with Gasteiger partial charge < -0.3 is 4.74 Å². The quantitative estimate of drug-likeness (QED) is 0.809. The number of fused-ring (bicyclic) bond motifs is 1. The van der Waals surface area contributed by atoms with Crippen molar-refractivity contribution in [3.05, 3.63) is 29.3 Å². The van der Waals surface area contributed by atoms with Crippen LogP contribution in [0.4, 0.5) is 8.78 Å². The molecule has 108 valence electrons. The van der Waals surface area contributed by atoms with Crippen molar-refractivity contribution >= 4 is 11.7 Å². The summed E-state index contributed by atoms with van der Waals surface area (Å²) in [5, 5.41) is 0. The van der Waals surface area contributed by atoms with Crippen LogP contribution < -0.4 is 0 Å². The third-order valence-electron chi connectivity index (χ3n) is 2.86. The monoisotopic (exact) mass is 283 g/mol. The van der Waals surface area contributed by atoms with E-state index in [2.05, 4.69) is 9.97 Å². The third-order valence-corrected chi connectivity index (χ3v) is 2.86. The van der Waals surface area contributed by atoms with Gasteiger partial charge in [0.1, 0.15) is 0 Å². The summed E-state index contributed by atoms with van der Waals surface area (Å²) < 4.78 is 32.9. The highest BCUT2D eigenvalue weighted by atomic mass is 19.3. The average molecular weight is 283 g/mol. The summed E-state index contributed by atoms with van der Waals surface area (Å²) >= 11 is 0. The van der Waals surface area contributed by atoms with E-state index in [1.807, 2.05) is 6.92 Å². The van der Waals surface area contributed by atoms with Crippen molar-refractivity contribution in [2.24, 2.45) is 0 Å². The van der Waals surface area contributed by atoms with Gasteiger partial charge in [-0.25, -0.2) is 23.5 Å². The van der Waals surface area contributed by atoms with Crippen molar-refractivity contribution in [1.29, 1.82) is 0 Å². The second kappa shape index (κ2) is 5.15. The van der Waals surface area contributed by atoms with Gasteiger partial charge in [0, 0.05) is 19.3 Å². The van der Waals surface area contributed by atoms with Crippen molar-refractivity contribution in [3.63, 3.8) is 0 Å². The van der Waals surface area contributed by atoms with Crippen LogP contribution >= 0.6 is 0 Å². The van der Waals surface area contributed by atoms with Crippen LogP contribution in [-0.4, -0.2) is 26.9 Å². The number of nitrogens with zero attached hydrogens (tertiary/aromatic N) is 3. The normalized spacial score (nSPS) is 11.8. The summed E-state index contributed by atoms with van der Waals surface area (Å²) in [5.74, 6) is -3.42. The van der Waals surface area contributed by atoms with Crippen LogP contribution in [-0.2, 0) is 17.1 Å². The van der Waals surface area contributed by atoms with E-state index in [9.17, 15) is 13.6 Å². The molecule has 0 aliphatic heterocycles. The van der Waals surface area contributed by atoms with E-state index in [-0.39, 0.29) is 23.6 Å². The molecule has 2 aromatic rings. The molecule has 0 atom stereocenters. The summed E-state index contributed by atoms with van der Waals surface area (Å²) in [6.45, 7) is 4.47. The Kier molecular flexibility index (Phi) is 3.69. The summed E-state index contributed by atoms with van der Waals surface area (Å²) in [6, 6.07) is 0. The number of aromatic nitrogens is 3. The van der Waals surface area contributed by atoms with Crippen molar-refractivity contribution in [2.75, 3.05) is 6.61 Å². The fraction of sp³-hybridized carbons (Fsp3) is 0.462. The molecule has 0 aliphatic carbocycles. The molecule has 0 fully saturated rings. The van der Waals surface area contributed by atoms with E-state index in [1.165, 1.54) is 10.6 Å². The number of ether oxygens (including phenoxy) is 1. The van der Waals surface area contributed by atoms with E-state index in [4.69, 9.17) is 4.74 Å². The molecule has 0 spiro atoms. The molecule has 20 heavy (non-hydrogen) atoms. The molecule has 0 unspecified atom stereocenters. The average Bonchev–Trinajstić information content (AvgIpc) is 2.75. The number of rotatable bonds is 4. The zero-order valence-corrected chi connectivity index (χ0v) is 11.5.